The zero-order chi connectivity index (χ0) is 15.1. The lowest BCUT2D eigenvalue weighted by Crippen LogP contribution is -2.45. The summed E-state index contributed by atoms with van der Waals surface area (Å²) < 4.78 is 5.02. The van der Waals surface area contributed by atoms with Gasteiger partial charge < -0.3 is 9.64 Å². The minimum absolute atomic E-state index is 0.0211. The van der Waals surface area contributed by atoms with Crippen LogP contribution in [0.4, 0.5) is 0 Å². The molecule has 0 spiro atoms. The zero-order valence-electron chi connectivity index (χ0n) is 12.5. The van der Waals surface area contributed by atoms with Crippen LogP contribution < -0.4 is 0 Å². The Balaban J connectivity index is 1.87. The van der Waals surface area contributed by atoms with Gasteiger partial charge in [0, 0.05) is 19.0 Å². The van der Waals surface area contributed by atoms with Gasteiger partial charge in [0.2, 0.25) is 5.91 Å². The summed E-state index contributed by atoms with van der Waals surface area (Å²) in [5, 5.41) is 4.11. The second kappa shape index (κ2) is 8.17. The van der Waals surface area contributed by atoms with Gasteiger partial charge in [0.25, 0.3) is 0 Å². The van der Waals surface area contributed by atoms with Crippen LogP contribution in [0.25, 0.3) is 0 Å². The lowest BCUT2D eigenvalue weighted by molar-refractivity contribution is -0.146. The van der Waals surface area contributed by atoms with Crippen molar-refractivity contribution in [1.29, 1.82) is 0 Å². The van der Waals surface area contributed by atoms with Crippen molar-refractivity contribution in [3.63, 3.8) is 0 Å². The van der Waals surface area contributed by atoms with E-state index in [9.17, 15) is 9.59 Å². The Labute approximate surface area is 130 Å². The number of hydrogen-bond acceptors (Lipinski definition) is 4. The van der Waals surface area contributed by atoms with Crippen LogP contribution in [-0.4, -0.2) is 36.0 Å². The molecule has 1 aliphatic rings. The van der Waals surface area contributed by atoms with Crippen LogP contribution in [0.5, 0.6) is 0 Å². The highest BCUT2D eigenvalue weighted by molar-refractivity contribution is 7.07. The summed E-state index contributed by atoms with van der Waals surface area (Å²) in [4.78, 5) is 26.0. The number of piperidine rings is 1. The summed E-state index contributed by atoms with van der Waals surface area (Å²) in [6, 6.07) is 2.08. The first-order valence-corrected chi connectivity index (χ1v) is 8.61. The van der Waals surface area contributed by atoms with Crippen molar-refractivity contribution >= 4 is 23.2 Å². The van der Waals surface area contributed by atoms with Gasteiger partial charge in [0.15, 0.2) is 0 Å². The Hall–Kier alpha value is -1.36. The molecule has 1 fully saturated rings. The number of carbonyl (C=O) groups excluding carboxylic acids is 2. The summed E-state index contributed by atoms with van der Waals surface area (Å²) in [7, 11) is 0. The monoisotopic (exact) mass is 309 g/mol. The van der Waals surface area contributed by atoms with Crippen LogP contribution in [-0.2, 0) is 20.7 Å². The molecule has 0 aliphatic carbocycles. The summed E-state index contributed by atoms with van der Waals surface area (Å²) in [6.45, 7) is 2.98. The summed E-state index contributed by atoms with van der Waals surface area (Å²) >= 11 is 1.66. The maximum Gasteiger partial charge on any atom is 0.307 e. The van der Waals surface area contributed by atoms with Crippen LogP contribution >= 0.6 is 11.3 Å². The van der Waals surface area contributed by atoms with Gasteiger partial charge in [-0.2, -0.15) is 11.3 Å². The molecule has 5 heteroatoms. The predicted octanol–water partition coefficient (Wildman–Crippen LogP) is 3.02. The molecule has 2 heterocycles. The van der Waals surface area contributed by atoms with Crippen molar-refractivity contribution in [3.8, 4) is 0 Å². The third-order valence-corrected chi connectivity index (χ3v) is 4.59. The van der Waals surface area contributed by atoms with Gasteiger partial charge in [-0.05, 0) is 55.0 Å². The molecule has 1 aromatic rings. The lowest BCUT2D eigenvalue weighted by Gasteiger charge is -2.35. The van der Waals surface area contributed by atoms with Crippen LogP contribution in [0.1, 0.15) is 44.6 Å². The normalized spacial score (nSPS) is 18.5. The van der Waals surface area contributed by atoms with Crippen molar-refractivity contribution in [2.45, 2.75) is 51.5 Å². The van der Waals surface area contributed by atoms with E-state index in [-0.39, 0.29) is 17.9 Å². The number of thiophene rings is 1. The van der Waals surface area contributed by atoms with E-state index in [1.807, 2.05) is 17.2 Å². The number of carbonyl (C=O) groups is 2. The highest BCUT2D eigenvalue weighted by atomic mass is 32.1. The molecule has 0 N–H and O–H groups in total. The molecular weight excluding hydrogens is 286 g/mol. The van der Waals surface area contributed by atoms with E-state index in [1.165, 1.54) is 5.56 Å². The summed E-state index contributed by atoms with van der Waals surface area (Å²) in [6.07, 6.45) is 4.66. The first-order valence-electron chi connectivity index (χ1n) is 7.67. The average Bonchev–Trinajstić information content (AvgIpc) is 2.99. The average molecular weight is 309 g/mol. The fourth-order valence-corrected chi connectivity index (χ4v) is 3.49. The number of aryl methyl sites for hydroxylation is 1. The molecule has 0 bridgehead atoms. The van der Waals surface area contributed by atoms with Crippen LogP contribution in [0.3, 0.4) is 0 Å². The van der Waals surface area contributed by atoms with E-state index in [1.54, 1.807) is 11.3 Å². The van der Waals surface area contributed by atoms with Crippen molar-refractivity contribution in [2.75, 3.05) is 13.2 Å². The molecule has 4 nitrogen and oxygen atoms in total. The Bertz CT molecular complexity index is 458. The zero-order valence-corrected chi connectivity index (χ0v) is 13.4. The minimum atomic E-state index is -0.194. The summed E-state index contributed by atoms with van der Waals surface area (Å²) in [5.74, 6) is -0.0322. The number of esters is 1. The van der Waals surface area contributed by atoms with E-state index >= 15 is 0 Å². The molecule has 1 amide bonds. The highest BCUT2D eigenvalue weighted by Gasteiger charge is 2.28. The number of ether oxygens (including phenoxy) is 1. The van der Waals surface area contributed by atoms with Gasteiger partial charge in [-0.1, -0.05) is 0 Å². The molecular formula is C16H23NO3S. The highest BCUT2D eigenvalue weighted by Crippen LogP contribution is 2.21. The molecule has 1 aromatic heterocycles. The third-order valence-electron chi connectivity index (χ3n) is 3.86. The Morgan fingerprint density at radius 2 is 2.29 bits per heavy atom. The van der Waals surface area contributed by atoms with Gasteiger partial charge in [-0.25, -0.2) is 0 Å². The fourth-order valence-electron chi connectivity index (χ4n) is 2.78. The molecule has 1 saturated heterocycles. The standard InChI is InChI=1S/C16H23NO3S/c1-2-20-16(19)11-14-5-3-4-9-17(14)15(18)7-6-13-8-10-21-12-13/h8,10,12,14H,2-7,9,11H2,1H3. The largest absolute Gasteiger partial charge is 0.466 e. The van der Waals surface area contributed by atoms with Crippen LogP contribution in [0.2, 0.25) is 0 Å². The quantitative estimate of drug-likeness (QED) is 0.759. The smallest absolute Gasteiger partial charge is 0.307 e. The number of amides is 1. The van der Waals surface area contributed by atoms with E-state index in [0.717, 1.165) is 32.2 Å². The van der Waals surface area contributed by atoms with E-state index in [4.69, 9.17) is 4.74 Å². The second-order valence-electron chi connectivity index (χ2n) is 5.38. The first kappa shape index (κ1) is 16.0. The van der Waals surface area contributed by atoms with Crippen molar-refractivity contribution in [3.05, 3.63) is 22.4 Å². The Morgan fingerprint density at radius 1 is 1.43 bits per heavy atom. The summed E-state index contributed by atoms with van der Waals surface area (Å²) in [5.41, 5.74) is 1.22. The molecule has 116 valence electrons. The predicted molar refractivity (Wildman–Crippen MR) is 83.2 cm³/mol. The number of rotatable bonds is 6. The van der Waals surface area contributed by atoms with Crippen LogP contribution in [0, 0.1) is 0 Å². The minimum Gasteiger partial charge on any atom is -0.466 e. The van der Waals surface area contributed by atoms with E-state index < -0.39 is 0 Å². The first-order chi connectivity index (χ1) is 10.2. The van der Waals surface area contributed by atoms with Gasteiger partial charge in [-0.15, -0.1) is 0 Å². The van der Waals surface area contributed by atoms with Crippen LogP contribution in [0.15, 0.2) is 16.8 Å². The number of nitrogens with zero attached hydrogens (tertiary/aromatic N) is 1. The molecule has 0 saturated carbocycles. The van der Waals surface area contributed by atoms with Gasteiger partial charge >= 0.3 is 5.97 Å². The second-order valence-corrected chi connectivity index (χ2v) is 6.16. The van der Waals surface area contributed by atoms with E-state index in [0.29, 0.717) is 19.4 Å². The van der Waals surface area contributed by atoms with Gasteiger partial charge in [0.05, 0.1) is 13.0 Å². The molecule has 21 heavy (non-hydrogen) atoms. The van der Waals surface area contributed by atoms with Crippen molar-refractivity contribution in [2.24, 2.45) is 0 Å². The fraction of sp³-hybridized carbons (Fsp3) is 0.625. The molecule has 1 aliphatic heterocycles. The van der Waals surface area contributed by atoms with Gasteiger partial charge in [-0.3, -0.25) is 9.59 Å². The Morgan fingerprint density at radius 3 is 3.00 bits per heavy atom. The van der Waals surface area contributed by atoms with Gasteiger partial charge in [0.1, 0.15) is 0 Å². The van der Waals surface area contributed by atoms with Crippen molar-refractivity contribution < 1.29 is 14.3 Å². The molecule has 0 radical (unpaired) electrons. The number of hydrogen-bond donors (Lipinski definition) is 0. The van der Waals surface area contributed by atoms with Crippen molar-refractivity contribution in [1.82, 2.24) is 4.90 Å². The number of likely N-dealkylation sites (tertiary alicyclic amines) is 1. The SMILES string of the molecule is CCOC(=O)CC1CCCCN1C(=O)CCc1ccsc1. The maximum absolute atomic E-state index is 12.4. The maximum atomic E-state index is 12.4. The Kier molecular flexibility index (Phi) is 6.23. The molecule has 2 rings (SSSR count). The molecule has 0 aromatic carbocycles. The molecule has 1 atom stereocenters. The molecule has 1 unspecified atom stereocenters. The third kappa shape index (κ3) is 4.84. The van der Waals surface area contributed by atoms with E-state index in [2.05, 4.69) is 11.4 Å². The lowest BCUT2D eigenvalue weighted by atomic mass is 9.98. The topological polar surface area (TPSA) is 46.6 Å².